The van der Waals surface area contributed by atoms with Gasteiger partial charge in [0.15, 0.2) is 0 Å². The third-order valence-corrected chi connectivity index (χ3v) is 3.55. The van der Waals surface area contributed by atoms with E-state index in [-0.39, 0.29) is 24.9 Å². The third kappa shape index (κ3) is 1.91. The Morgan fingerprint density at radius 2 is 2.19 bits per heavy atom. The van der Waals surface area contributed by atoms with Gasteiger partial charge in [-0.15, -0.1) is 5.10 Å². The first kappa shape index (κ1) is 11.0. The van der Waals surface area contributed by atoms with Crippen LogP contribution in [0.3, 0.4) is 0 Å². The Labute approximate surface area is 91.5 Å². The van der Waals surface area contributed by atoms with Gasteiger partial charge in [0, 0.05) is 19.9 Å². The Balaban J connectivity index is 2.24. The Bertz CT molecular complexity index is 522. The molecule has 1 saturated heterocycles. The van der Waals surface area contributed by atoms with Crippen molar-refractivity contribution in [3.05, 3.63) is 5.89 Å². The Morgan fingerprint density at radius 3 is 2.62 bits per heavy atom. The zero-order chi connectivity index (χ0) is 11.9. The van der Waals surface area contributed by atoms with Gasteiger partial charge in [-0.3, -0.25) is 9.69 Å². The summed E-state index contributed by atoms with van der Waals surface area (Å²) in [5.41, 5.74) is 0. The highest BCUT2D eigenvalue weighted by Gasteiger charge is 2.39. The second-order valence-electron chi connectivity index (χ2n) is 3.52. The van der Waals surface area contributed by atoms with Crippen LogP contribution in [0, 0.1) is 6.92 Å². The lowest BCUT2D eigenvalue weighted by Gasteiger charge is -2.09. The van der Waals surface area contributed by atoms with Crippen LogP contribution in [0.1, 0.15) is 12.3 Å². The van der Waals surface area contributed by atoms with Crippen LogP contribution in [0.25, 0.3) is 0 Å². The normalized spacial score (nSPS) is 21.8. The molecular formula is C7H10N4O4S. The predicted octanol–water partition coefficient (Wildman–Crippen LogP) is -1.23. The fraction of sp³-hybridized carbons (Fsp3) is 0.571. The van der Waals surface area contributed by atoms with Gasteiger partial charge < -0.3 is 4.42 Å². The molecule has 1 aliphatic heterocycles. The van der Waals surface area contributed by atoms with Crippen LogP contribution >= 0.6 is 0 Å². The second-order valence-corrected chi connectivity index (χ2v) is 5.37. The minimum absolute atomic E-state index is 0.00801. The number of hydrogen-bond acceptors (Lipinski definition) is 6. The molecule has 8 nitrogen and oxygen atoms in total. The van der Waals surface area contributed by atoms with Gasteiger partial charge in [-0.1, -0.05) is 5.10 Å². The van der Waals surface area contributed by atoms with Crippen molar-refractivity contribution < 1.29 is 17.6 Å². The maximum Gasteiger partial charge on any atom is 0.325 e. The summed E-state index contributed by atoms with van der Waals surface area (Å²) >= 11 is 0. The van der Waals surface area contributed by atoms with Crippen molar-refractivity contribution in [2.24, 2.45) is 5.14 Å². The lowest BCUT2D eigenvalue weighted by atomic mass is 10.4. The highest BCUT2D eigenvalue weighted by molar-refractivity contribution is 7.89. The highest BCUT2D eigenvalue weighted by Crippen LogP contribution is 2.22. The second kappa shape index (κ2) is 3.52. The number of nitrogens with zero attached hydrogens (tertiary/aromatic N) is 3. The van der Waals surface area contributed by atoms with E-state index in [9.17, 15) is 13.2 Å². The number of sulfonamides is 1. The van der Waals surface area contributed by atoms with Crippen molar-refractivity contribution in [2.75, 3.05) is 11.4 Å². The molecule has 0 aromatic carbocycles. The molecule has 1 fully saturated rings. The van der Waals surface area contributed by atoms with Crippen molar-refractivity contribution in [3.8, 4) is 0 Å². The van der Waals surface area contributed by atoms with Gasteiger partial charge in [0.05, 0.1) is 0 Å². The summed E-state index contributed by atoms with van der Waals surface area (Å²) in [6.07, 6.45) is -0.153. The summed E-state index contributed by atoms with van der Waals surface area (Å²) < 4.78 is 27.2. The molecule has 1 amide bonds. The minimum atomic E-state index is -3.72. The van der Waals surface area contributed by atoms with Gasteiger partial charge in [-0.05, 0) is 0 Å². The van der Waals surface area contributed by atoms with E-state index in [1.165, 1.54) is 0 Å². The molecular weight excluding hydrogens is 236 g/mol. The SMILES string of the molecule is Cc1nnc(N2CC(S(N)(=O)=O)CC2=O)o1. The lowest BCUT2D eigenvalue weighted by Crippen LogP contribution is -2.32. The van der Waals surface area contributed by atoms with Crippen LogP contribution in [-0.4, -0.2) is 36.3 Å². The van der Waals surface area contributed by atoms with E-state index >= 15 is 0 Å². The number of nitrogens with two attached hydrogens (primary N) is 1. The lowest BCUT2D eigenvalue weighted by molar-refractivity contribution is -0.117. The van der Waals surface area contributed by atoms with Gasteiger partial charge in [-0.25, -0.2) is 13.6 Å². The Kier molecular flexibility index (Phi) is 2.43. The minimum Gasteiger partial charge on any atom is -0.408 e. The molecule has 0 radical (unpaired) electrons. The first-order valence-electron chi connectivity index (χ1n) is 4.50. The van der Waals surface area contributed by atoms with E-state index in [0.29, 0.717) is 5.89 Å². The number of amides is 1. The first-order chi connectivity index (χ1) is 7.38. The number of aryl methyl sites for hydroxylation is 1. The van der Waals surface area contributed by atoms with Crippen LogP contribution < -0.4 is 10.0 Å². The van der Waals surface area contributed by atoms with E-state index in [2.05, 4.69) is 10.2 Å². The molecule has 1 unspecified atom stereocenters. The smallest absolute Gasteiger partial charge is 0.325 e. The summed E-state index contributed by atoms with van der Waals surface area (Å²) in [5.74, 6) is -0.0791. The largest absolute Gasteiger partial charge is 0.408 e. The van der Waals surface area contributed by atoms with Crippen LogP contribution in [0.2, 0.25) is 0 Å². The first-order valence-corrected chi connectivity index (χ1v) is 6.11. The van der Waals surface area contributed by atoms with E-state index in [1.807, 2.05) is 0 Å². The zero-order valence-electron chi connectivity index (χ0n) is 8.45. The topological polar surface area (TPSA) is 119 Å². The van der Waals surface area contributed by atoms with Crippen LogP contribution in [0.5, 0.6) is 0 Å². The molecule has 0 spiro atoms. The van der Waals surface area contributed by atoms with Crippen LogP contribution in [-0.2, 0) is 14.8 Å². The average Bonchev–Trinajstić information content (AvgIpc) is 2.70. The summed E-state index contributed by atoms with van der Waals surface area (Å²) in [4.78, 5) is 12.7. The molecule has 0 bridgehead atoms. The van der Waals surface area contributed by atoms with E-state index in [4.69, 9.17) is 9.56 Å². The average molecular weight is 246 g/mol. The molecule has 1 aromatic heterocycles. The summed E-state index contributed by atoms with van der Waals surface area (Å²) in [5, 5.41) is 11.3. The number of aromatic nitrogens is 2. The van der Waals surface area contributed by atoms with E-state index < -0.39 is 15.3 Å². The molecule has 0 aliphatic carbocycles. The van der Waals surface area contributed by atoms with Gasteiger partial charge in [0.1, 0.15) is 5.25 Å². The van der Waals surface area contributed by atoms with Crippen molar-refractivity contribution >= 4 is 21.9 Å². The summed E-state index contributed by atoms with van der Waals surface area (Å²) in [6.45, 7) is 1.54. The Morgan fingerprint density at radius 1 is 1.50 bits per heavy atom. The van der Waals surface area contributed by atoms with Crippen molar-refractivity contribution in [2.45, 2.75) is 18.6 Å². The molecule has 0 saturated carbocycles. The predicted molar refractivity (Wildman–Crippen MR) is 52.9 cm³/mol. The highest BCUT2D eigenvalue weighted by atomic mass is 32.2. The molecule has 1 aliphatic rings. The molecule has 2 N–H and O–H groups in total. The van der Waals surface area contributed by atoms with Gasteiger partial charge in [-0.2, -0.15) is 0 Å². The molecule has 1 aromatic rings. The Hall–Kier alpha value is -1.48. The van der Waals surface area contributed by atoms with E-state index in [0.717, 1.165) is 4.90 Å². The van der Waals surface area contributed by atoms with Crippen molar-refractivity contribution in [1.82, 2.24) is 10.2 Å². The standard InChI is InChI=1S/C7H10N4O4S/c1-4-9-10-7(15-4)11-3-5(2-6(11)12)16(8,13)14/h5H,2-3H2,1H3,(H2,8,13,14). The quantitative estimate of drug-likeness (QED) is 0.697. The van der Waals surface area contributed by atoms with Crippen molar-refractivity contribution in [1.29, 1.82) is 0 Å². The summed E-state index contributed by atoms with van der Waals surface area (Å²) in [6, 6.07) is 0.00801. The molecule has 88 valence electrons. The molecule has 2 heterocycles. The number of carbonyl (C=O) groups is 1. The fourth-order valence-corrected chi connectivity index (χ4v) is 2.21. The number of hydrogen-bond donors (Lipinski definition) is 1. The number of rotatable bonds is 2. The van der Waals surface area contributed by atoms with Gasteiger partial charge >= 0.3 is 6.01 Å². The fourth-order valence-electron chi connectivity index (χ4n) is 1.47. The molecule has 2 rings (SSSR count). The van der Waals surface area contributed by atoms with Gasteiger partial charge in [0.25, 0.3) is 0 Å². The number of carbonyl (C=O) groups excluding carboxylic acids is 1. The number of anilines is 1. The maximum atomic E-state index is 11.5. The number of primary sulfonamides is 1. The third-order valence-electron chi connectivity index (χ3n) is 2.30. The molecule has 9 heteroatoms. The zero-order valence-corrected chi connectivity index (χ0v) is 9.27. The molecule has 1 atom stereocenters. The monoisotopic (exact) mass is 246 g/mol. The summed E-state index contributed by atoms with van der Waals surface area (Å²) in [7, 11) is -3.72. The molecule has 16 heavy (non-hydrogen) atoms. The maximum absolute atomic E-state index is 11.5. The van der Waals surface area contributed by atoms with Gasteiger partial charge in [0.2, 0.25) is 21.8 Å². The van der Waals surface area contributed by atoms with E-state index in [1.54, 1.807) is 6.92 Å². The van der Waals surface area contributed by atoms with Crippen molar-refractivity contribution in [3.63, 3.8) is 0 Å². The van der Waals surface area contributed by atoms with Crippen LogP contribution in [0.15, 0.2) is 4.42 Å². The van der Waals surface area contributed by atoms with Crippen LogP contribution in [0.4, 0.5) is 6.01 Å².